The Hall–Kier alpha value is -8.76. The number of hydrogen-bond acceptors (Lipinski definition) is 14. The van der Waals surface area contributed by atoms with Crippen LogP contribution in [0.5, 0.6) is 0 Å². The minimum atomic E-state index is -0.416. The smallest absolute Gasteiger partial charge is 0.313 e. The molecule has 0 aliphatic heterocycles. The normalized spacial score (nSPS) is 11.2. The van der Waals surface area contributed by atoms with Gasteiger partial charge < -0.3 is 19.9 Å². The van der Waals surface area contributed by atoms with Crippen LogP contribution in [0.3, 0.4) is 0 Å². The van der Waals surface area contributed by atoms with E-state index in [1.807, 2.05) is 20.8 Å². The molecule has 0 saturated heterocycles. The van der Waals surface area contributed by atoms with E-state index in [0.717, 1.165) is 10.1 Å². The van der Waals surface area contributed by atoms with E-state index in [2.05, 4.69) is 49.8 Å². The number of rotatable bonds is 4. The van der Waals surface area contributed by atoms with Crippen molar-refractivity contribution in [3.05, 3.63) is 185 Å². The third-order valence-electron chi connectivity index (χ3n) is 10.4. The summed E-state index contributed by atoms with van der Waals surface area (Å²) >= 11 is 0. The predicted molar refractivity (Wildman–Crippen MR) is 272 cm³/mol. The average molecular weight is 973 g/mol. The zero-order valence-electron chi connectivity index (χ0n) is 41.1. The van der Waals surface area contributed by atoms with Crippen LogP contribution in [-0.4, -0.2) is 68.1 Å². The van der Waals surface area contributed by atoms with Crippen molar-refractivity contribution in [3.8, 4) is 0 Å². The first-order valence-corrected chi connectivity index (χ1v) is 22.3. The van der Waals surface area contributed by atoms with Gasteiger partial charge in [0.05, 0.1) is 45.2 Å². The molecule has 0 aromatic carbocycles. The van der Waals surface area contributed by atoms with E-state index in [0.29, 0.717) is 43.9 Å². The third-order valence-corrected chi connectivity index (χ3v) is 10.4. The molecule has 0 spiro atoms. The number of hydrogen-bond donors (Lipinski definition) is 5. The SMILES string of the molecule is CC(C)(C)c1cnc[nH]c1=O.CC(C)n1c(=O)[nH]c2cccnc2c1=O.CC(C)n1c(=O)[nH]c2ccncc2c1=O.CC(C)n1c(=O)[nH]c2cnccc2c1=O.CC(C)n1c(=O)[nH]c2ncccc2c1=O. The molecule has 0 atom stereocenters. The van der Waals surface area contributed by atoms with Gasteiger partial charge in [0.15, 0.2) is 5.52 Å². The number of pyridine rings is 4. The van der Waals surface area contributed by atoms with Crippen molar-refractivity contribution in [2.45, 2.75) is 106 Å². The highest BCUT2D eigenvalue weighted by Gasteiger charge is 2.17. The molecule has 71 heavy (non-hydrogen) atoms. The molecule has 23 heteroatoms. The van der Waals surface area contributed by atoms with Gasteiger partial charge in [0.2, 0.25) is 0 Å². The Kier molecular flexibility index (Phi) is 16.9. The summed E-state index contributed by atoms with van der Waals surface area (Å²) in [4.78, 5) is 138. The predicted octanol–water partition coefficient (Wildman–Crippen LogP) is 3.73. The second-order valence-corrected chi connectivity index (χ2v) is 18.0. The largest absolute Gasteiger partial charge is 0.330 e. The fourth-order valence-corrected chi connectivity index (χ4v) is 7.02. The van der Waals surface area contributed by atoms with E-state index in [1.165, 1.54) is 57.2 Å². The van der Waals surface area contributed by atoms with Gasteiger partial charge in [0.25, 0.3) is 27.8 Å². The number of H-pyrrole nitrogens is 5. The average Bonchev–Trinajstić information content (AvgIpc) is 3.29. The van der Waals surface area contributed by atoms with Crippen molar-refractivity contribution >= 4 is 43.9 Å². The monoisotopic (exact) mass is 972 g/mol. The van der Waals surface area contributed by atoms with Gasteiger partial charge >= 0.3 is 22.8 Å². The van der Waals surface area contributed by atoms with E-state index < -0.39 is 17.1 Å². The van der Waals surface area contributed by atoms with Crippen LogP contribution < -0.4 is 50.6 Å². The summed E-state index contributed by atoms with van der Waals surface area (Å²) in [6.07, 6.45) is 12.1. The number of fused-ring (bicyclic) bond motifs is 4. The molecule has 23 nitrogen and oxygen atoms in total. The first-order chi connectivity index (χ1) is 33.5. The van der Waals surface area contributed by atoms with E-state index in [9.17, 15) is 43.2 Å². The molecule has 372 valence electrons. The maximum absolute atomic E-state index is 11.9. The summed E-state index contributed by atoms with van der Waals surface area (Å²) in [5, 5.41) is 1.36. The highest BCUT2D eigenvalue weighted by Crippen LogP contribution is 2.16. The van der Waals surface area contributed by atoms with Crippen LogP contribution in [0.2, 0.25) is 0 Å². The van der Waals surface area contributed by atoms with Gasteiger partial charge in [-0.05, 0) is 97.2 Å². The fraction of sp³-hybridized carbons (Fsp3) is 0.333. The maximum Gasteiger partial charge on any atom is 0.330 e. The van der Waals surface area contributed by atoms with Crippen molar-refractivity contribution in [1.29, 1.82) is 0 Å². The molecule has 0 fully saturated rings. The second kappa shape index (κ2) is 22.6. The first-order valence-electron chi connectivity index (χ1n) is 22.3. The Morgan fingerprint density at radius 2 is 0.930 bits per heavy atom. The van der Waals surface area contributed by atoms with Crippen LogP contribution in [0.25, 0.3) is 43.9 Å². The standard InChI is InChI=1S/4C10H11N3O2.C8H12N2O/c1-6(2)13-9(14)7-5-11-4-3-8(7)12-10(13)15;1-6(2)13-9(14)7-3-4-11-5-8(7)12-10(13)15;1-6(2)13-9(14)8-7(12-10(13)15)4-3-5-11-8;1-6(2)13-9(14)7-4-3-5-11-8(7)12-10(13)15;1-8(2,3)6-4-9-5-10-7(6)11/h3*3-6H,1-2H3,(H,12,15);3-6H,1-2H3,(H,11,12,15);4-5H,1-3H3,(H,9,10,11). The number of nitrogens with one attached hydrogen (secondary N) is 5. The molecule has 0 saturated carbocycles. The lowest BCUT2D eigenvalue weighted by Gasteiger charge is -2.15. The van der Waals surface area contributed by atoms with Gasteiger partial charge in [-0.3, -0.25) is 57.2 Å². The molecule has 9 rings (SSSR count). The zero-order chi connectivity index (χ0) is 52.5. The van der Waals surface area contributed by atoms with Crippen molar-refractivity contribution < 1.29 is 0 Å². The van der Waals surface area contributed by atoms with Crippen molar-refractivity contribution in [1.82, 2.24) is 68.1 Å². The Morgan fingerprint density at radius 1 is 0.451 bits per heavy atom. The van der Waals surface area contributed by atoms with Crippen LogP contribution in [0, 0.1) is 0 Å². The Morgan fingerprint density at radius 3 is 1.49 bits per heavy atom. The first kappa shape index (κ1) is 53.2. The molecule has 0 radical (unpaired) electrons. The van der Waals surface area contributed by atoms with E-state index in [4.69, 9.17) is 0 Å². The summed E-state index contributed by atoms with van der Waals surface area (Å²) in [6, 6.07) is 9.23. The highest BCUT2D eigenvalue weighted by atomic mass is 16.2. The van der Waals surface area contributed by atoms with Gasteiger partial charge in [-0.15, -0.1) is 0 Å². The lowest BCUT2D eigenvalue weighted by Crippen LogP contribution is -2.36. The number of aromatic amines is 5. The summed E-state index contributed by atoms with van der Waals surface area (Å²) < 4.78 is 4.73. The third kappa shape index (κ3) is 12.3. The summed E-state index contributed by atoms with van der Waals surface area (Å²) in [7, 11) is 0. The quantitative estimate of drug-likeness (QED) is 0.168. The molecule has 0 unspecified atom stereocenters. The van der Waals surface area contributed by atoms with Gasteiger partial charge in [0, 0.05) is 66.9 Å². The van der Waals surface area contributed by atoms with Crippen LogP contribution in [0.4, 0.5) is 0 Å². The minimum absolute atomic E-state index is 0.0486. The molecule has 0 amide bonds. The molecule has 5 N–H and O–H groups in total. The van der Waals surface area contributed by atoms with Gasteiger partial charge in [-0.25, -0.2) is 34.1 Å². The van der Waals surface area contributed by atoms with Gasteiger partial charge in [-0.2, -0.15) is 0 Å². The summed E-state index contributed by atoms with van der Waals surface area (Å²) in [5.74, 6) is 0. The van der Waals surface area contributed by atoms with E-state index in [1.54, 1.807) is 98.0 Å². The molecule has 0 aliphatic carbocycles. The van der Waals surface area contributed by atoms with Crippen LogP contribution in [0.1, 0.15) is 106 Å². The fourth-order valence-electron chi connectivity index (χ4n) is 7.02. The molecule has 0 bridgehead atoms. The lowest BCUT2D eigenvalue weighted by atomic mass is 9.89. The molecular weight excluding hydrogens is 917 g/mol. The summed E-state index contributed by atoms with van der Waals surface area (Å²) in [5.41, 5.74) is -0.125. The van der Waals surface area contributed by atoms with Crippen LogP contribution >= 0.6 is 0 Å². The Labute approximate surface area is 402 Å². The van der Waals surface area contributed by atoms with Crippen LogP contribution in [0.15, 0.2) is 129 Å². The number of aromatic nitrogens is 14. The topological polar surface area (TPSA) is 317 Å². The molecule has 9 aromatic heterocycles. The van der Waals surface area contributed by atoms with Crippen molar-refractivity contribution in [2.24, 2.45) is 0 Å². The van der Waals surface area contributed by atoms with Gasteiger partial charge in [0.1, 0.15) is 5.65 Å². The summed E-state index contributed by atoms with van der Waals surface area (Å²) in [6.45, 7) is 20.3. The van der Waals surface area contributed by atoms with Crippen LogP contribution in [-0.2, 0) is 5.41 Å². The maximum atomic E-state index is 11.9. The van der Waals surface area contributed by atoms with E-state index >= 15 is 0 Å². The van der Waals surface area contributed by atoms with Crippen molar-refractivity contribution in [2.75, 3.05) is 0 Å². The molecule has 9 aromatic rings. The minimum Gasteiger partial charge on any atom is -0.313 e. The Balaban J connectivity index is 0.000000166. The molecular formula is C48H56N14O9. The molecule has 9 heterocycles. The van der Waals surface area contributed by atoms with Gasteiger partial charge in [-0.1, -0.05) is 20.8 Å². The second-order valence-electron chi connectivity index (χ2n) is 18.0. The van der Waals surface area contributed by atoms with Crippen molar-refractivity contribution in [3.63, 3.8) is 0 Å². The Bertz CT molecular complexity index is 3460. The lowest BCUT2D eigenvalue weighted by molar-refractivity contribution is 0.551. The zero-order valence-corrected chi connectivity index (χ0v) is 41.1. The highest BCUT2D eigenvalue weighted by molar-refractivity contribution is 5.76. The van der Waals surface area contributed by atoms with E-state index in [-0.39, 0.29) is 63.1 Å². The number of nitrogens with zero attached hydrogens (tertiary/aromatic N) is 9. The molecule has 0 aliphatic rings.